The van der Waals surface area contributed by atoms with Crippen molar-refractivity contribution in [2.75, 3.05) is 17.2 Å². The lowest BCUT2D eigenvalue weighted by Crippen LogP contribution is -2.30. The number of hydrogen-bond acceptors (Lipinski definition) is 4. The van der Waals surface area contributed by atoms with E-state index in [1.54, 1.807) is 0 Å². The molecule has 0 saturated heterocycles. The van der Waals surface area contributed by atoms with Gasteiger partial charge in [-0.15, -0.1) is 10.2 Å². The molecule has 30 heavy (non-hydrogen) atoms. The van der Waals surface area contributed by atoms with Gasteiger partial charge in [0.1, 0.15) is 0 Å². The maximum atomic E-state index is 13.0. The van der Waals surface area contributed by atoms with Crippen molar-refractivity contribution in [3.8, 4) is 17.1 Å². The maximum absolute atomic E-state index is 13.0. The number of amides is 1. The maximum Gasteiger partial charge on any atom is 0.237 e. The van der Waals surface area contributed by atoms with E-state index in [0.717, 1.165) is 35.7 Å². The van der Waals surface area contributed by atoms with Gasteiger partial charge in [0.05, 0.1) is 5.75 Å². The molecule has 0 atom stereocenters. The molecule has 1 aliphatic heterocycles. The van der Waals surface area contributed by atoms with Crippen LogP contribution >= 0.6 is 11.8 Å². The molecule has 5 nitrogen and oxygen atoms in total. The first-order valence-corrected chi connectivity index (χ1v) is 10.9. The molecule has 3 aromatic carbocycles. The van der Waals surface area contributed by atoms with Crippen molar-refractivity contribution in [3.63, 3.8) is 0 Å². The molecule has 148 valence electrons. The highest BCUT2D eigenvalue weighted by Crippen LogP contribution is 2.31. The van der Waals surface area contributed by atoms with Gasteiger partial charge >= 0.3 is 0 Å². The van der Waals surface area contributed by atoms with Crippen molar-refractivity contribution in [2.45, 2.75) is 11.6 Å². The molecular formula is C24H20N4OS. The number of carbonyl (C=O) groups excluding carboxylic acids is 1. The lowest BCUT2D eigenvalue weighted by atomic mass is 10.2. The Morgan fingerprint density at radius 3 is 2.37 bits per heavy atom. The number of nitrogens with zero attached hydrogens (tertiary/aromatic N) is 4. The Bertz CT molecular complexity index is 1170. The highest BCUT2D eigenvalue weighted by Gasteiger charge is 2.25. The van der Waals surface area contributed by atoms with Crippen LogP contribution in [-0.2, 0) is 11.2 Å². The summed E-state index contributed by atoms with van der Waals surface area (Å²) in [6, 6.07) is 28.1. The average molecular weight is 413 g/mol. The van der Waals surface area contributed by atoms with Gasteiger partial charge in [0, 0.05) is 23.5 Å². The van der Waals surface area contributed by atoms with Crippen LogP contribution in [0.2, 0.25) is 0 Å². The Balaban J connectivity index is 1.43. The molecule has 0 radical (unpaired) electrons. The van der Waals surface area contributed by atoms with Crippen LogP contribution in [0.4, 0.5) is 5.69 Å². The average Bonchev–Trinajstić information content (AvgIpc) is 3.43. The summed E-state index contributed by atoms with van der Waals surface area (Å²) in [5, 5.41) is 9.57. The number of rotatable bonds is 5. The topological polar surface area (TPSA) is 51.0 Å². The summed E-state index contributed by atoms with van der Waals surface area (Å²) in [6.07, 6.45) is 0.908. The van der Waals surface area contributed by atoms with Crippen LogP contribution in [0.25, 0.3) is 17.1 Å². The molecule has 0 fully saturated rings. The molecule has 1 aromatic heterocycles. The van der Waals surface area contributed by atoms with E-state index in [0.29, 0.717) is 10.9 Å². The molecule has 0 unspecified atom stereocenters. The number of para-hydroxylation sites is 2. The normalized spacial score (nSPS) is 12.7. The van der Waals surface area contributed by atoms with Gasteiger partial charge in [0.2, 0.25) is 5.91 Å². The van der Waals surface area contributed by atoms with Crippen molar-refractivity contribution < 1.29 is 4.79 Å². The fraction of sp³-hybridized carbons (Fsp3) is 0.125. The van der Waals surface area contributed by atoms with E-state index in [9.17, 15) is 4.79 Å². The first kappa shape index (κ1) is 18.6. The summed E-state index contributed by atoms with van der Waals surface area (Å²) >= 11 is 1.43. The third-order valence-corrected chi connectivity index (χ3v) is 6.11. The van der Waals surface area contributed by atoms with E-state index in [-0.39, 0.29) is 5.91 Å². The third-order valence-electron chi connectivity index (χ3n) is 5.19. The minimum Gasteiger partial charge on any atom is -0.311 e. The largest absolute Gasteiger partial charge is 0.311 e. The smallest absolute Gasteiger partial charge is 0.237 e. The van der Waals surface area contributed by atoms with Gasteiger partial charge in [-0.2, -0.15) is 0 Å². The summed E-state index contributed by atoms with van der Waals surface area (Å²) in [6.45, 7) is 0.735. The zero-order valence-electron chi connectivity index (χ0n) is 16.3. The van der Waals surface area contributed by atoms with Crippen LogP contribution in [0.15, 0.2) is 90.1 Å². The Labute approximate surface area is 179 Å². The summed E-state index contributed by atoms with van der Waals surface area (Å²) in [5.74, 6) is 1.17. The van der Waals surface area contributed by atoms with E-state index in [1.165, 1.54) is 17.3 Å². The number of benzene rings is 3. The van der Waals surface area contributed by atoms with Crippen LogP contribution in [-0.4, -0.2) is 33.0 Å². The number of fused-ring (bicyclic) bond motifs is 1. The second-order valence-corrected chi connectivity index (χ2v) is 8.00. The molecule has 6 heteroatoms. The second-order valence-electron chi connectivity index (χ2n) is 7.06. The fourth-order valence-corrected chi connectivity index (χ4v) is 4.58. The van der Waals surface area contributed by atoms with Gasteiger partial charge in [-0.25, -0.2) is 0 Å². The lowest BCUT2D eigenvalue weighted by Gasteiger charge is -2.17. The van der Waals surface area contributed by atoms with Crippen molar-refractivity contribution in [2.24, 2.45) is 0 Å². The molecule has 0 saturated carbocycles. The molecule has 0 N–H and O–H groups in total. The lowest BCUT2D eigenvalue weighted by molar-refractivity contribution is -0.116. The molecule has 0 aliphatic carbocycles. The van der Waals surface area contributed by atoms with Crippen molar-refractivity contribution in [1.29, 1.82) is 0 Å². The van der Waals surface area contributed by atoms with E-state index >= 15 is 0 Å². The van der Waals surface area contributed by atoms with Gasteiger partial charge in [0.25, 0.3) is 0 Å². The number of thioether (sulfide) groups is 1. The molecule has 1 aliphatic rings. The SMILES string of the molecule is O=C(CSc1nnc(-c2ccccc2)n1-c1ccccc1)N1CCc2ccccc21. The number of hydrogen-bond donors (Lipinski definition) is 0. The Morgan fingerprint density at radius 1 is 0.867 bits per heavy atom. The second kappa shape index (κ2) is 8.16. The highest BCUT2D eigenvalue weighted by molar-refractivity contribution is 7.99. The zero-order valence-corrected chi connectivity index (χ0v) is 17.1. The molecular weight excluding hydrogens is 392 g/mol. The van der Waals surface area contributed by atoms with Gasteiger partial charge < -0.3 is 4.90 Å². The van der Waals surface area contributed by atoms with Crippen LogP contribution < -0.4 is 4.90 Å². The first-order valence-electron chi connectivity index (χ1n) is 9.88. The van der Waals surface area contributed by atoms with Crippen molar-refractivity contribution in [1.82, 2.24) is 14.8 Å². The molecule has 0 bridgehead atoms. The van der Waals surface area contributed by atoms with E-state index in [4.69, 9.17) is 0 Å². The standard InChI is InChI=1S/C24H20N4OS/c29-22(27-16-15-18-9-7-8-14-21(18)27)17-30-24-26-25-23(19-10-3-1-4-11-19)28(24)20-12-5-2-6-13-20/h1-14H,15-17H2. The van der Waals surface area contributed by atoms with Crippen molar-refractivity contribution in [3.05, 3.63) is 90.5 Å². The van der Waals surface area contributed by atoms with Gasteiger partial charge in [-0.05, 0) is 30.2 Å². The quantitative estimate of drug-likeness (QED) is 0.449. The number of carbonyl (C=O) groups is 1. The Kier molecular flexibility index (Phi) is 5.07. The minimum atomic E-state index is 0.0915. The van der Waals surface area contributed by atoms with Crippen molar-refractivity contribution >= 4 is 23.4 Å². The molecule has 4 aromatic rings. The minimum absolute atomic E-state index is 0.0915. The number of aromatic nitrogens is 3. The van der Waals surface area contributed by atoms with Crippen LogP contribution in [0.5, 0.6) is 0 Å². The van der Waals surface area contributed by atoms with Gasteiger partial charge in [-0.1, -0.05) is 78.5 Å². The van der Waals surface area contributed by atoms with E-state index in [1.807, 2.05) is 88.3 Å². The first-order chi connectivity index (χ1) is 14.8. The van der Waals surface area contributed by atoms with E-state index < -0.39 is 0 Å². The Hall–Kier alpha value is -3.38. The van der Waals surface area contributed by atoms with Crippen LogP contribution in [0.3, 0.4) is 0 Å². The van der Waals surface area contributed by atoms with Crippen LogP contribution in [0.1, 0.15) is 5.56 Å². The fourth-order valence-electron chi connectivity index (χ4n) is 3.75. The molecule has 5 rings (SSSR count). The molecule has 2 heterocycles. The monoisotopic (exact) mass is 412 g/mol. The van der Waals surface area contributed by atoms with E-state index in [2.05, 4.69) is 16.3 Å². The summed E-state index contributed by atoms with van der Waals surface area (Å²) in [4.78, 5) is 14.8. The predicted molar refractivity (Wildman–Crippen MR) is 120 cm³/mol. The van der Waals surface area contributed by atoms with Gasteiger partial charge in [0.15, 0.2) is 11.0 Å². The summed E-state index contributed by atoms with van der Waals surface area (Å²) < 4.78 is 2.02. The number of anilines is 1. The predicted octanol–water partition coefficient (Wildman–Crippen LogP) is 4.62. The molecule has 0 spiro atoms. The molecule has 1 amide bonds. The van der Waals surface area contributed by atoms with Gasteiger partial charge in [-0.3, -0.25) is 9.36 Å². The summed E-state index contributed by atoms with van der Waals surface area (Å²) in [7, 11) is 0. The van der Waals surface area contributed by atoms with Crippen LogP contribution in [0, 0.1) is 0 Å². The third kappa shape index (κ3) is 3.50. The summed E-state index contributed by atoms with van der Waals surface area (Å²) in [5.41, 5.74) is 4.22. The highest BCUT2D eigenvalue weighted by atomic mass is 32.2. The zero-order chi connectivity index (χ0) is 20.3. The Morgan fingerprint density at radius 2 is 1.57 bits per heavy atom.